The maximum Gasteiger partial charge on any atom is 0.191 e. The van der Waals surface area contributed by atoms with Gasteiger partial charge in [0.2, 0.25) is 0 Å². The van der Waals surface area contributed by atoms with Crippen molar-refractivity contribution in [3.05, 3.63) is 52.5 Å². The standard InChI is InChI=1S/C19H24ClN3O3.HI/c1-21-19(23-12-14-6-7-15(20)10-17(14)25-3)22-11-13-5-8-16(24-2)18(9-13)26-4;/h5-10H,11-12H2,1-4H3,(H2,21,22,23);1H. The molecule has 2 aromatic carbocycles. The average Bonchev–Trinajstić information content (AvgIpc) is 2.68. The minimum Gasteiger partial charge on any atom is -0.496 e. The van der Waals surface area contributed by atoms with Crippen LogP contribution in [0.1, 0.15) is 11.1 Å². The van der Waals surface area contributed by atoms with Gasteiger partial charge in [-0.25, -0.2) is 0 Å². The zero-order valence-corrected chi connectivity index (χ0v) is 18.9. The highest BCUT2D eigenvalue weighted by molar-refractivity contribution is 14.0. The number of rotatable bonds is 7. The van der Waals surface area contributed by atoms with Crippen molar-refractivity contribution in [1.82, 2.24) is 10.6 Å². The largest absolute Gasteiger partial charge is 0.496 e. The molecule has 0 atom stereocenters. The normalized spacial score (nSPS) is 10.6. The molecule has 0 bridgehead atoms. The van der Waals surface area contributed by atoms with Gasteiger partial charge in [-0.2, -0.15) is 0 Å². The summed E-state index contributed by atoms with van der Waals surface area (Å²) in [6, 6.07) is 11.3. The van der Waals surface area contributed by atoms with Crippen LogP contribution in [0.15, 0.2) is 41.4 Å². The van der Waals surface area contributed by atoms with E-state index in [9.17, 15) is 0 Å². The monoisotopic (exact) mass is 505 g/mol. The highest BCUT2D eigenvalue weighted by Crippen LogP contribution is 2.27. The number of methoxy groups -OCH3 is 3. The Morgan fingerprint density at radius 2 is 1.56 bits per heavy atom. The number of aliphatic imine (C=N–C) groups is 1. The third kappa shape index (κ3) is 6.66. The summed E-state index contributed by atoms with van der Waals surface area (Å²) in [7, 11) is 6.59. The van der Waals surface area contributed by atoms with Crippen molar-refractivity contribution in [1.29, 1.82) is 0 Å². The van der Waals surface area contributed by atoms with Gasteiger partial charge in [-0.3, -0.25) is 4.99 Å². The molecule has 2 rings (SSSR count). The molecular weight excluding hydrogens is 481 g/mol. The van der Waals surface area contributed by atoms with E-state index >= 15 is 0 Å². The third-order valence-corrected chi connectivity index (χ3v) is 4.06. The minimum atomic E-state index is 0. The van der Waals surface area contributed by atoms with Crippen molar-refractivity contribution in [3.8, 4) is 17.2 Å². The van der Waals surface area contributed by atoms with Crippen LogP contribution in [0.3, 0.4) is 0 Å². The SMILES string of the molecule is CN=C(NCc1ccc(OC)c(OC)c1)NCc1ccc(Cl)cc1OC.I. The van der Waals surface area contributed by atoms with Gasteiger partial charge in [0.05, 0.1) is 21.3 Å². The average molecular weight is 506 g/mol. The molecule has 0 aliphatic carbocycles. The van der Waals surface area contributed by atoms with Crippen LogP contribution in [0.5, 0.6) is 17.2 Å². The van der Waals surface area contributed by atoms with Gasteiger partial charge in [-0.05, 0) is 29.8 Å². The Morgan fingerprint density at radius 1 is 0.889 bits per heavy atom. The lowest BCUT2D eigenvalue weighted by Gasteiger charge is -2.15. The van der Waals surface area contributed by atoms with Crippen LogP contribution in [-0.2, 0) is 13.1 Å². The number of guanidine groups is 1. The fraction of sp³-hybridized carbons (Fsp3) is 0.316. The molecule has 0 saturated heterocycles. The fourth-order valence-corrected chi connectivity index (χ4v) is 2.60. The van der Waals surface area contributed by atoms with Gasteiger partial charge >= 0.3 is 0 Å². The Balaban J connectivity index is 0.00000364. The van der Waals surface area contributed by atoms with Crippen LogP contribution in [0, 0.1) is 0 Å². The zero-order valence-electron chi connectivity index (χ0n) is 15.8. The minimum absolute atomic E-state index is 0. The van der Waals surface area contributed by atoms with E-state index in [0.717, 1.165) is 16.9 Å². The number of hydrogen-bond acceptors (Lipinski definition) is 4. The number of benzene rings is 2. The van der Waals surface area contributed by atoms with Crippen LogP contribution in [0.2, 0.25) is 5.02 Å². The van der Waals surface area contributed by atoms with Gasteiger partial charge in [-0.1, -0.05) is 23.7 Å². The summed E-state index contributed by atoms with van der Waals surface area (Å²) in [5, 5.41) is 7.17. The Hall–Kier alpha value is -1.87. The number of ether oxygens (including phenoxy) is 3. The van der Waals surface area contributed by atoms with E-state index in [-0.39, 0.29) is 24.0 Å². The predicted octanol–water partition coefficient (Wildman–Crippen LogP) is 3.85. The second-order valence-corrected chi connectivity index (χ2v) is 5.86. The van der Waals surface area contributed by atoms with E-state index < -0.39 is 0 Å². The topological polar surface area (TPSA) is 64.1 Å². The van der Waals surface area contributed by atoms with E-state index in [4.69, 9.17) is 25.8 Å². The summed E-state index contributed by atoms with van der Waals surface area (Å²) >= 11 is 5.99. The highest BCUT2D eigenvalue weighted by Gasteiger charge is 2.07. The lowest BCUT2D eigenvalue weighted by atomic mass is 10.2. The highest BCUT2D eigenvalue weighted by atomic mass is 127. The number of halogens is 2. The van der Waals surface area contributed by atoms with Crippen molar-refractivity contribution in [2.24, 2.45) is 4.99 Å². The van der Waals surface area contributed by atoms with Crippen molar-refractivity contribution < 1.29 is 14.2 Å². The predicted molar refractivity (Wildman–Crippen MR) is 120 cm³/mol. The summed E-state index contributed by atoms with van der Waals surface area (Å²) < 4.78 is 15.9. The first-order valence-corrected chi connectivity index (χ1v) is 8.47. The molecule has 0 aromatic heterocycles. The van der Waals surface area contributed by atoms with Crippen LogP contribution in [0.4, 0.5) is 0 Å². The maximum absolute atomic E-state index is 5.99. The van der Waals surface area contributed by atoms with Crippen molar-refractivity contribution >= 4 is 41.5 Å². The van der Waals surface area contributed by atoms with E-state index in [0.29, 0.717) is 35.6 Å². The van der Waals surface area contributed by atoms with Crippen molar-refractivity contribution in [2.45, 2.75) is 13.1 Å². The second kappa shape index (κ2) is 11.8. The van der Waals surface area contributed by atoms with Gasteiger partial charge in [-0.15, -0.1) is 24.0 Å². The Labute approximate surface area is 182 Å². The third-order valence-electron chi connectivity index (χ3n) is 3.83. The van der Waals surface area contributed by atoms with Crippen LogP contribution >= 0.6 is 35.6 Å². The Morgan fingerprint density at radius 3 is 2.19 bits per heavy atom. The molecule has 0 aliphatic rings. The van der Waals surface area contributed by atoms with E-state index in [2.05, 4.69) is 15.6 Å². The van der Waals surface area contributed by atoms with Crippen LogP contribution in [0.25, 0.3) is 0 Å². The van der Waals surface area contributed by atoms with Gasteiger partial charge in [0.25, 0.3) is 0 Å². The van der Waals surface area contributed by atoms with Crippen LogP contribution in [-0.4, -0.2) is 34.3 Å². The molecule has 0 radical (unpaired) electrons. The van der Waals surface area contributed by atoms with E-state index in [1.54, 1.807) is 34.4 Å². The van der Waals surface area contributed by atoms with E-state index in [1.165, 1.54) is 0 Å². The lowest BCUT2D eigenvalue weighted by Crippen LogP contribution is -2.36. The number of hydrogen-bond donors (Lipinski definition) is 2. The van der Waals surface area contributed by atoms with Crippen LogP contribution < -0.4 is 24.8 Å². The molecule has 0 spiro atoms. The van der Waals surface area contributed by atoms with Crippen molar-refractivity contribution in [2.75, 3.05) is 28.4 Å². The molecule has 148 valence electrons. The van der Waals surface area contributed by atoms with Gasteiger partial charge in [0, 0.05) is 30.7 Å². The first kappa shape index (κ1) is 23.2. The van der Waals surface area contributed by atoms with Gasteiger partial charge in [0.1, 0.15) is 5.75 Å². The summed E-state index contributed by atoms with van der Waals surface area (Å²) in [5.41, 5.74) is 2.04. The van der Waals surface area contributed by atoms with Crippen molar-refractivity contribution in [3.63, 3.8) is 0 Å². The summed E-state index contributed by atoms with van der Waals surface area (Å²) in [5.74, 6) is 2.81. The molecule has 6 nitrogen and oxygen atoms in total. The van der Waals surface area contributed by atoms with Gasteiger partial charge in [0.15, 0.2) is 17.5 Å². The molecule has 0 amide bonds. The molecule has 0 unspecified atom stereocenters. The number of nitrogens with one attached hydrogen (secondary N) is 2. The summed E-state index contributed by atoms with van der Waals surface area (Å²) in [6.45, 7) is 1.16. The maximum atomic E-state index is 5.99. The molecule has 2 aromatic rings. The molecule has 8 heteroatoms. The molecule has 27 heavy (non-hydrogen) atoms. The lowest BCUT2D eigenvalue weighted by molar-refractivity contribution is 0.354. The Bertz CT molecular complexity index is 772. The summed E-state index contributed by atoms with van der Waals surface area (Å²) in [6.07, 6.45) is 0. The second-order valence-electron chi connectivity index (χ2n) is 5.42. The van der Waals surface area contributed by atoms with Gasteiger partial charge < -0.3 is 24.8 Å². The van der Waals surface area contributed by atoms with E-state index in [1.807, 2.05) is 30.3 Å². The molecule has 0 fully saturated rings. The number of nitrogens with zero attached hydrogens (tertiary/aromatic N) is 1. The molecule has 0 saturated carbocycles. The molecule has 0 heterocycles. The smallest absolute Gasteiger partial charge is 0.191 e. The summed E-state index contributed by atoms with van der Waals surface area (Å²) in [4.78, 5) is 4.24. The fourth-order valence-electron chi connectivity index (χ4n) is 2.44. The first-order valence-electron chi connectivity index (χ1n) is 8.09. The molecular formula is C19H25ClIN3O3. The molecule has 2 N–H and O–H groups in total. The quantitative estimate of drug-likeness (QED) is 0.340. The Kier molecular flexibility index (Phi) is 10.1. The first-order chi connectivity index (χ1) is 12.6. The zero-order chi connectivity index (χ0) is 18.9. The molecule has 0 aliphatic heterocycles.